The lowest BCUT2D eigenvalue weighted by Crippen LogP contribution is -2.20. The second-order valence-electron chi connectivity index (χ2n) is 3.05. The highest BCUT2D eigenvalue weighted by atomic mass is 19.3. The Kier molecular flexibility index (Phi) is 4.56. The van der Waals surface area contributed by atoms with Gasteiger partial charge in [-0.2, -0.15) is 8.78 Å². The van der Waals surface area contributed by atoms with Gasteiger partial charge >= 0.3 is 6.61 Å². The van der Waals surface area contributed by atoms with Crippen LogP contribution in [-0.4, -0.2) is 12.5 Å². The van der Waals surface area contributed by atoms with Crippen molar-refractivity contribution in [3.05, 3.63) is 42.2 Å². The number of nitrogens with one attached hydrogen (secondary N) is 1. The van der Waals surface area contributed by atoms with Gasteiger partial charge in [0.25, 0.3) is 0 Å². The van der Waals surface area contributed by atoms with E-state index in [1.54, 1.807) is 0 Å². The number of alkyl halides is 2. The molecule has 0 fully saturated rings. The Balaban J connectivity index is 2.69. The Bertz CT molecular complexity index is 421. The molecule has 1 amide bonds. The molecule has 0 saturated carbocycles. The van der Waals surface area contributed by atoms with Crippen LogP contribution in [-0.2, 0) is 11.3 Å². The summed E-state index contributed by atoms with van der Waals surface area (Å²) in [7, 11) is 0. The molecule has 1 rings (SSSR count). The maximum atomic E-state index is 13.4. The van der Waals surface area contributed by atoms with Gasteiger partial charge in [-0.1, -0.05) is 12.6 Å². The van der Waals surface area contributed by atoms with Crippen molar-refractivity contribution in [2.45, 2.75) is 13.2 Å². The first-order valence-electron chi connectivity index (χ1n) is 4.66. The second-order valence-corrected chi connectivity index (χ2v) is 3.05. The van der Waals surface area contributed by atoms with Crippen LogP contribution in [0.4, 0.5) is 13.2 Å². The first kappa shape index (κ1) is 13.1. The van der Waals surface area contributed by atoms with Crippen LogP contribution in [0.25, 0.3) is 0 Å². The van der Waals surface area contributed by atoms with E-state index in [4.69, 9.17) is 0 Å². The minimum Gasteiger partial charge on any atom is -0.435 e. The zero-order valence-electron chi connectivity index (χ0n) is 8.75. The first-order valence-corrected chi connectivity index (χ1v) is 4.66. The van der Waals surface area contributed by atoms with Crippen LogP contribution in [0.2, 0.25) is 0 Å². The third-order valence-electron chi connectivity index (χ3n) is 1.89. The molecule has 1 aromatic carbocycles. The summed E-state index contributed by atoms with van der Waals surface area (Å²) in [5.41, 5.74) is 0.168. The Morgan fingerprint density at radius 1 is 1.53 bits per heavy atom. The van der Waals surface area contributed by atoms with Crippen LogP contribution in [0.3, 0.4) is 0 Å². The topological polar surface area (TPSA) is 38.3 Å². The van der Waals surface area contributed by atoms with Gasteiger partial charge in [-0.05, 0) is 12.1 Å². The van der Waals surface area contributed by atoms with Gasteiger partial charge in [0.2, 0.25) is 5.91 Å². The molecule has 0 heterocycles. The molecule has 0 unspecified atom stereocenters. The summed E-state index contributed by atoms with van der Waals surface area (Å²) < 4.78 is 41.1. The molecule has 0 aromatic heterocycles. The standard InChI is InChI=1S/C11H10F3NO2/c1-2-10(16)15-6-7-3-4-8(5-9(7)12)17-11(13)14/h2-5,11H,1,6H2,(H,15,16). The SMILES string of the molecule is C=CC(=O)NCc1ccc(OC(F)F)cc1F. The van der Waals surface area contributed by atoms with Crippen LogP contribution in [0.1, 0.15) is 5.56 Å². The number of benzene rings is 1. The minimum atomic E-state index is -3.00. The van der Waals surface area contributed by atoms with Gasteiger partial charge in [0.15, 0.2) is 0 Å². The van der Waals surface area contributed by atoms with Crippen molar-refractivity contribution < 1.29 is 22.7 Å². The smallest absolute Gasteiger partial charge is 0.387 e. The molecule has 3 nitrogen and oxygen atoms in total. The number of hydrogen-bond donors (Lipinski definition) is 1. The van der Waals surface area contributed by atoms with Gasteiger partial charge in [-0.15, -0.1) is 0 Å². The largest absolute Gasteiger partial charge is 0.435 e. The summed E-state index contributed by atoms with van der Waals surface area (Å²) in [4.78, 5) is 10.8. The third kappa shape index (κ3) is 4.18. The van der Waals surface area contributed by atoms with Crippen LogP contribution < -0.4 is 10.1 Å². The van der Waals surface area contributed by atoms with Gasteiger partial charge in [0.1, 0.15) is 11.6 Å². The molecule has 6 heteroatoms. The molecule has 1 aromatic rings. The lowest BCUT2D eigenvalue weighted by atomic mass is 10.2. The van der Waals surface area contributed by atoms with Gasteiger partial charge < -0.3 is 10.1 Å². The monoisotopic (exact) mass is 245 g/mol. The summed E-state index contributed by atoms with van der Waals surface area (Å²) in [5.74, 6) is -1.44. The molecular weight excluding hydrogens is 235 g/mol. The van der Waals surface area contributed by atoms with E-state index in [0.717, 1.165) is 12.1 Å². The van der Waals surface area contributed by atoms with Crippen molar-refractivity contribution in [2.75, 3.05) is 0 Å². The number of ether oxygens (including phenoxy) is 1. The molecule has 0 bridgehead atoms. The summed E-state index contributed by atoms with van der Waals surface area (Å²) in [6.07, 6.45) is 1.05. The average Bonchev–Trinajstić information content (AvgIpc) is 2.26. The van der Waals surface area contributed by atoms with Crippen LogP contribution >= 0.6 is 0 Å². The Labute approximate surface area is 95.9 Å². The fourth-order valence-corrected chi connectivity index (χ4v) is 1.10. The molecule has 92 valence electrons. The molecule has 0 atom stereocenters. The van der Waals surface area contributed by atoms with E-state index >= 15 is 0 Å². The quantitative estimate of drug-likeness (QED) is 0.808. The Morgan fingerprint density at radius 3 is 2.76 bits per heavy atom. The molecule has 17 heavy (non-hydrogen) atoms. The van der Waals surface area contributed by atoms with E-state index in [2.05, 4.69) is 16.6 Å². The molecule has 0 spiro atoms. The highest BCUT2D eigenvalue weighted by Gasteiger charge is 2.08. The summed E-state index contributed by atoms with van der Waals surface area (Å²) in [5, 5.41) is 2.36. The molecule has 1 N–H and O–H groups in total. The maximum Gasteiger partial charge on any atom is 0.387 e. The fourth-order valence-electron chi connectivity index (χ4n) is 1.10. The molecule has 0 radical (unpaired) electrons. The van der Waals surface area contributed by atoms with Crippen LogP contribution in [0.5, 0.6) is 5.75 Å². The van der Waals surface area contributed by atoms with Gasteiger partial charge in [0.05, 0.1) is 0 Å². The van der Waals surface area contributed by atoms with E-state index < -0.39 is 18.3 Å². The van der Waals surface area contributed by atoms with Gasteiger partial charge in [0, 0.05) is 18.2 Å². The maximum absolute atomic E-state index is 13.4. The molecule has 0 aliphatic rings. The average molecular weight is 245 g/mol. The normalized spacial score (nSPS) is 10.1. The number of hydrogen-bond acceptors (Lipinski definition) is 2. The first-order chi connectivity index (χ1) is 8.02. The van der Waals surface area contributed by atoms with Crippen molar-refractivity contribution in [3.63, 3.8) is 0 Å². The van der Waals surface area contributed by atoms with Crippen molar-refractivity contribution in [1.29, 1.82) is 0 Å². The minimum absolute atomic E-state index is 0.0500. The summed E-state index contributed by atoms with van der Waals surface area (Å²) in [6, 6.07) is 3.29. The number of carbonyl (C=O) groups excluding carboxylic acids is 1. The van der Waals surface area contributed by atoms with Crippen molar-refractivity contribution >= 4 is 5.91 Å². The Hall–Kier alpha value is -1.98. The number of halogens is 3. The van der Waals surface area contributed by atoms with Crippen LogP contribution in [0, 0.1) is 5.82 Å². The van der Waals surface area contributed by atoms with Gasteiger partial charge in [-0.3, -0.25) is 4.79 Å². The van der Waals surface area contributed by atoms with Crippen LogP contribution in [0.15, 0.2) is 30.9 Å². The molecule has 0 aliphatic carbocycles. The predicted molar refractivity (Wildman–Crippen MR) is 55.1 cm³/mol. The lowest BCUT2D eigenvalue weighted by Gasteiger charge is -2.07. The number of rotatable bonds is 5. The Morgan fingerprint density at radius 2 is 2.24 bits per heavy atom. The third-order valence-corrected chi connectivity index (χ3v) is 1.89. The number of carbonyl (C=O) groups is 1. The summed E-state index contributed by atoms with van der Waals surface area (Å²) >= 11 is 0. The van der Waals surface area contributed by atoms with E-state index in [9.17, 15) is 18.0 Å². The van der Waals surface area contributed by atoms with E-state index in [0.29, 0.717) is 0 Å². The molecule has 0 saturated heterocycles. The molecule has 0 aliphatic heterocycles. The highest BCUT2D eigenvalue weighted by molar-refractivity contribution is 5.86. The van der Waals surface area contributed by atoms with Crippen molar-refractivity contribution in [3.8, 4) is 5.75 Å². The second kappa shape index (κ2) is 5.93. The fraction of sp³-hybridized carbons (Fsp3) is 0.182. The van der Waals surface area contributed by atoms with Gasteiger partial charge in [-0.25, -0.2) is 4.39 Å². The van der Waals surface area contributed by atoms with E-state index in [1.165, 1.54) is 12.1 Å². The zero-order chi connectivity index (χ0) is 12.8. The number of amides is 1. The highest BCUT2D eigenvalue weighted by Crippen LogP contribution is 2.18. The summed E-state index contributed by atoms with van der Waals surface area (Å²) in [6.45, 7) is 0.184. The zero-order valence-corrected chi connectivity index (χ0v) is 8.75. The van der Waals surface area contributed by atoms with E-state index in [-0.39, 0.29) is 17.9 Å². The van der Waals surface area contributed by atoms with Crippen molar-refractivity contribution in [1.82, 2.24) is 5.32 Å². The lowest BCUT2D eigenvalue weighted by molar-refractivity contribution is -0.116. The van der Waals surface area contributed by atoms with E-state index in [1.807, 2.05) is 0 Å². The molecular formula is C11H10F3NO2. The van der Waals surface area contributed by atoms with Crippen molar-refractivity contribution in [2.24, 2.45) is 0 Å². The predicted octanol–water partition coefficient (Wildman–Crippen LogP) is 2.23.